The minimum atomic E-state index is -0.552. The number of hydrogen-bond donors (Lipinski definition) is 2. The van der Waals surface area contributed by atoms with E-state index in [1.807, 2.05) is 49.4 Å². The van der Waals surface area contributed by atoms with Crippen molar-refractivity contribution in [2.24, 2.45) is 0 Å². The van der Waals surface area contributed by atoms with Crippen LogP contribution in [0.4, 0.5) is 11.4 Å². The Kier molecular flexibility index (Phi) is 5.49. The van der Waals surface area contributed by atoms with Gasteiger partial charge in [0.15, 0.2) is 0 Å². The van der Waals surface area contributed by atoms with Crippen LogP contribution in [0.2, 0.25) is 0 Å². The van der Waals surface area contributed by atoms with Gasteiger partial charge < -0.3 is 15.4 Å². The molecule has 0 aliphatic heterocycles. The fourth-order valence-corrected chi connectivity index (χ4v) is 3.84. The van der Waals surface area contributed by atoms with E-state index in [1.54, 1.807) is 7.11 Å². The number of carbonyl (C=O) groups is 2. The number of aryl methyl sites for hydroxylation is 1. The molecule has 0 spiro atoms. The summed E-state index contributed by atoms with van der Waals surface area (Å²) in [7, 11) is 1.63. The molecule has 2 N–H and O–H groups in total. The number of rotatable bonds is 5. The van der Waals surface area contributed by atoms with Gasteiger partial charge in [-0.3, -0.25) is 9.59 Å². The zero-order valence-corrected chi connectivity index (χ0v) is 16.1. The summed E-state index contributed by atoms with van der Waals surface area (Å²) >= 11 is 0. The lowest BCUT2D eigenvalue weighted by atomic mass is 9.78. The Hall–Kier alpha value is -2.82. The van der Waals surface area contributed by atoms with Gasteiger partial charge in [-0.05, 0) is 55.2 Å². The lowest BCUT2D eigenvalue weighted by molar-refractivity contribution is -0.121. The predicted molar refractivity (Wildman–Crippen MR) is 107 cm³/mol. The third-order valence-corrected chi connectivity index (χ3v) is 5.27. The van der Waals surface area contributed by atoms with Crippen LogP contribution in [0.1, 0.15) is 43.7 Å². The van der Waals surface area contributed by atoms with Crippen LogP contribution in [0.25, 0.3) is 0 Å². The van der Waals surface area contributed by atoms with Crippen molar-refractivity contribution in [1.29, 1.82) is 0 Å². The molecular formula is C22H26N2O3. The van der Waals surface area contributed by atoms with Gasteiger partial charge in [0.25, 0.3) is 0 Å². The van der Waals surface area contributed by atoms with Crippen LogP contribution in [-0.4, -0.2) is 18.9 Å². The summed E-state index contributed by atoms with van der Waals surface area (Å²) in [4.78, 5) is 24.9. The smallest absolute Gasteiger partial charge is 0.235 e. The SMILES string of the molecule is COc1ccc(C2(C(=O)Nc3cc(C)ccc3NC(C)=O)CCCC2)cc1. The number of nitrogens with one attached hydrogen (secondary N) is 2. The van der Waals surface area contributed by atoms with E-state index >= 15 is 0 Å². The van der Waals surface area contributed by atoms with Crippen LogP contribution in [0.15, 0.2) is 42.5 Å². The van der Waals surface area contributed by atoms with Gasteiger partial charge in [-0.2, -0.15) is 0 Å². The molecule has 0 aromatic heterocycles. The highest BCUT2D eigenvalue weighted by molar-refractivity contribution is 6.03. The van der Waals surface area contributed by atoms with Gasteiger partial charge in [0.2, 0.25) is 11.8 Å². The van der Waals surface area contributed by atoms with Crippen molar-refractivity contribution in [3.8, 4) is 5.75 Å². The Bertz CT molecular complexity index is 837. The highest BCUT2D eigenvalue weighted by Crippen LogP contribution is 2.43. The van der Waals surface area contributed by atoms with Crippen molar-refractivity contribution in [2.45, 2.75) is 44.9 Å². The summed E-state index contributed by atoms with van der Waals surface area (Å²) in [5, 5.41) is 5.88. The summed E-state index contributed by atoms with van der Waals surface area (Å²) in [6.07, 6.45) is 3.66. The molecule has 0 unspecified atom stereocenters. The van der Waals surface area contributed by atoms with E-state index in [1.165, 1.54) is 6.92 Å². The molecule has 2 amide bonds. The molecular weight excluding hydrogens is 340 g/mol. The lowest BCUT2D eigenvalue weighted by Gasteiger charge is -2.29. The molecule has 1 saturated carbocycles. The average Bonchev–Trinajstić information content (AvgIpc) is 3.15. The summed E-state index contributed by atoms with van der Waals surface area (Å²) in [6, 6.07) is 13.4. The minimum Gasteiger partial charge on any atom is -0.497 e. The normalized spacial score (nSPS) is 15.2. The van der Waals surface area contributed by atoms with Crippen LogP contribution in [0.5, 0.6) is 5.75 Å². The Labute approximate surface area is 160 Å². The second kappa shape index (κ2) is 7.82. The standard InChI is InChI=1S/C22H26N2O3/c1-15-6-11-19(23-16(2)25)20(14-15)24-21(26)22(12-4-5-13-22)17-7-9-18(27-3)10-8-17/h6-11,14H,4-5,12-13H2,1-3H3,(H,23,25)(H,24,26). The van der Waals surface area contributed by atoms with Gasteiger partial charge in [0.05, 0.1) is 23.9 Å². The largest absolute Gasteiger partial charge is 0.497 e. The van der Waals surface area contributed by atoms with Crippen molar-refractivity contribution in [1.82, 2.24) is 0 Å². The average molecular weight is 366 g/mol. The zero-order chi connectivity index (χ0) is 19.4. The maximum absolute atomic E-state index is 13.4. The van der Waals surface area contributed by atoms with E-state index < -0.39 is 5.41 Å². The third-order valence-electron chi connectivity index (χ3n) is 5.27. The first-order chi connectivity index (χ1) is 12.9. The van der Waals surface area contributed by atoms with Crippen molar-refractivity contribution in [3.63, 3.8) is 0 Å². The first kappa shape index (κ1) is 19.0. The Morgan fingerprint density at radius 3 is 2.22 bits per heavy atom. The first-order valence-electron chi connectivity index (χ1n) is 9.29. The molecule has 0 heterocycles. The molecule has 0 bridgehead atoms. The molecule has 0 atom stereocenters. The second-order valence-corrected chi connectivity index (χ2v) is 7.20. The van der Waals surface area contributed by atoms with Gasteiger partial charge >= 0.3 is 0 Å². The van der Waals surface area contributed by atoms with E-state index in [4.69, 9.17) is 4.74 Å². The summed E-state index contributed by atoms with van der Waals surface area (Å²) in [6.45, 7) is 3.42. The number of carbonyl (C=O) groups excluding carboxylic acids is 2. The molecule has 0 saturated heterocycles. The quantitative estimate of drug-likeness (QED) is 0.823. The first-order valence-corrected chi connectivity index (χ1v) is 9.29. The van der Waals surface area contributed by atoms with Gasteiger partial charge in [0.1, 0.15) is 5.75 Å². The van der Waals surface area contributed by atoms with Gasteiger partial charge in [-0.15, -0.1) is 0 Å². The Balaban J connectivity index is 1.92. The highest BCUT2D eigenvalue weighted by atomic mass is 16.5. The van der Waals surface area contributed by atoms with Gasteiger partial charge in [0, 0.05) is 6.92 Å². The van der Waals surface area contributed by atoms with Gasteiger partial charge in [-0.1, -0.05) is 31.0 Å². The lowest BCUT2D eigenvalue weighted by Crippen LogP contribution is -2.38. The Morgan fingerprint density at radius 1 is 0.963 bits per heavy atom. The molecule has 2 aromatic carbocycles. The third kappa shape index (κ3) is 3.97. The molecule has 5 nitrogen and oxygen atoms in total. The molecule has 3 rings (SSSR count). The van der Waals surface area contributed by atoms with E-state index in [2.05, 4.69) is 10.6 Å². The molecule has 1 aliphatic rings. The molecule has 1 aliphatic carbocycles. The maximum Gasteiger partial charge on any atom is 0.235 e. The van der Waals surface area contributed by atoms with E-state index in [0.717, 1.165) is 42.6 Å². The summed E-state index contributed by atoms with van der Waals surface area (Å²) < 4.78 is 5.25. The summed E-state index contributed by atoms with van der Waals surface area (Å²) in [5.74, 6) is 0.585. The maximum atomic E-state index is 13.4. The van der Waals surface area contributed by atoms with E-state index in [0.29, 0.717) is 11.4 Å². The predicted octanol–water partition coefficient (Wildman–Crippen LogP) is 4.41. The number of ether oxygens (including phenoxy) is 1. The van der Waals surface area contributed by atoms with Crippen LogP contribution in [-0.2, 0) is 15.0 Å². The number of methoxy groups -OCH3 is 1. The van der Waals surface area contributed by atoms with Crippen molar-refractivity contribution in [2.75, 3.05) is 17.7 Å². The fraction of sp³-hybridized carbons (Fsp3) is 0.364. The fourth-order valence-electron chi connectivity index (χ4n) is 3.84. The van der Waals surface area contributed by atoms with E-state index in [9.17, 15) is 9.59 Å². The monoisotopic (exact) mass is 366 g/mol. The minimum absolute atomic E-state index is 0.0256. The molecule has 2 aromatic rings. The summed E-state index contributed by atoms with van der Waals surface area (Å²) in [5.41, 5.74) is 2.72. The highest BCUT2D eigenvalue weighted by Gasteiger charge is 2.42. The van der Waals surface area contributed by atoms with Crippen molar-refractivity contribution < 1.29 is 14.3 Å². The van der Waals surface area contributed by atoms with Crippen LogP contribution in [0, 0.1) is 6.92 Å². The van der Waals surface area contributed by atoms with Crippen molar-refractivity contribution >= 4 is 23.2 Å². The second-order valence-electron chi connectivity index (χ2n) is 7.20. The van der Waals surface area contributed by atoms with Crippen LogP contribution in [0.3, 0.4) is 0 Å². The number of anilines is 2. The van der Waals surface area contributed by atoms with Crippen LogP contribution >= 0.6 is 0 Å². The van der Waals surface area contributed by atoms with Crippen molar-refractivity contribution in [3.05, 3.63) is 53.6 Å². The molecule has 1 fully saturated rings. The zero-order valence-electron chi connectivity index (χ0n) is 16.1. The molecule has 5 heteroatoms. The number of amides is 2. The number of hydrogen-bond acceptors (Lipinski definition) is 3. The molecule has 0 radical (unpaired) electrons. The topological polar surface area (TPSA) is 67.4 Å². The molecule has 142 valence electrons. The van der Waals surface area contributed by atoms with E-state index in [-0.39, 0.29) is 11.8 Å². The van der Waals surface area contributed by atoms with Gasteiger partial charge in [-0.25, -0.2) is 0 Å². The number of benzene rings is 2. The molecule has 27 heavy (non-hydrogen) atoms. The Morgan fingerprint density at radius 2 is 1.63 bits per heavy atom. The van der Waals surface area contributed by atoms with Crippen LogP contribution < -0.4 is 15.4 Å².